The first-order chi connectivity index (χ1) is 9.66. The maximum Gasteiger partial charge on any atom is 0.109 e. The third kappa shape index (κ3) is 3.02. The molecule has 0 spiro atoms. The molecule has 4 unspecified atom stereocenters. The van der Waals surface area contributed by atoms with Crippen molar-refractivity contribution in [3.8, 4) is 6.07 Å². The molecule has 1 aliphatic carbocycles. The minimum Gasteiger partial charge on any atom is -0.299 e. The van der Waals surface area contributed by atoms with Gasteiger partial charge < -0.3 is 0 Å². The predicted molar refractivity (Wildman–Crippen MR) is 83.5 cm³/mol. The highest BCUT2D eigenvalue weighted by atomic mass is 15.2. The molecule has 1 N–H and O–H groups in total. The van der Waals surface area contributed by atoms with Crippen LogP contribution in [0.1, 0.15) is 65.7 Å². The molecule has 0 aromatic carbocycles. The van der Waals surface area contributed by atoms with Crippen molar-refractivity contribution in [3.05, 3.63) is 0 Å². The Morgan fingerprint density at radius 3 is 2.75 bits per heavy atom. The van der Waals surface area contributed by atoms with Gasteiger partial charge in [0.05, 0.1) is 6.07 Å². The van der Waals surface area contributed by atoms with Crippen molar-refractivity contribution in [1.82, 2.24) is 10.2 Å². The van der Waals surface area contributed by atoms with Gasteiger partial charge in [0, 0.05) is 12.1 Å². The Bertz CT molecular complexity index is 349. The van der Waals surface area contributed by atoms with Crippen molar-refractivity contribution in [2.75, 3.05) is 13.1 Å². The Morgan fingerprint density at radius 1 is 1.30 bits per heavy atom. The maximum atomic E-state index is 9.63. The molecule has 0 aromatic rings. The van der Waals surface area contributed by atoms with Gasteiger partial charge in [0.25, 0.3) is 0 Å². The first-order valence-electron chi connectivity index (χ1n) is 8.58. The molecular formula is C17H31N3. The first-order valence-corrected chi connectivity index (χ1v) is 8.58. The standard InChI is InChI=1S/C17H31N3/c1-4-16-9-8-14(3)20(16)12-10-15-7-6-11-17(15,13-18)19-5-2/h14-16,19H,4-12H2,1-3H3. The Balaban J connectivity index is 1.94. The van der Waals surface area contributed by atoms with E-state index in [-0.39, 0.29) is 5.54 Å². The summed E-state index contributed by atoms with van der Waals surface area (Å²) in [5.74, 6) is 0.540. The summed E-state index contributed by atoms with van der Waals surface area (Å²) in [6, 6.07) is 4.12. The lowest BCUT2D eigenvalue weighted by molar-refractivity contribution is 0.171. The Kier molecular flexibility index (Phi) is 5.46. The summed E-state index contributed by atoms with van der Waals surface area (Å²) in [5.41, 5.74) is -0.237. The van der Waals surface area contributed by atoms with Gasteiger partial charge in [-0.05, 0) is 64.5 Å². The molecule has 0 radical (unpaired) electrons. The third-order valence-corrected chi connectivity index (χ3v) is 5.67. The van der Waals surface area contributed by atoms with Gasteiger partial charge in [-0.25, -0.2) is 0 Å². The molecule has 1 aliphatic heterocycles. The highest BCUT2D eigenvalue weighted by Crippen LogP contribution is 2.38. The van der Waals surface area contributed by atoms with Gasteiger partial charge in [0.2, 0.25) is 0 Å². The fourth-order valence-corrected chi connectivity index (χ4v) is 4.48. The largest absolute Gasteiger partial charge is 0.299 e. The average molecular weight is 277 g/mol. The van der Waals surface area contributed by atoms with Crippen LogP contribution in [-0.4, -0.2) is 35.6 Å². The minimum absolute atomic E-state index is 0.237. The van der Waals surface area contributed by atoms with Crippen LogP contribution >= 0.6 is 0 Å². The van der Waals surface area contributed by atoms with Crippen LogP contribution in [0.25, 0.3) is 0 Å². The maximum absolute atomic E-state index is 9.63. The molecule has 0 amide bonds. The molecule has 114 valence electrons. The van der Waals surface area contributed by atoms with Crippen molar-refractivity contribution < 1.29 is 0 Å². The van der Waals surface area contributed by atoms with Crippen LogP contribution in [0.3, 0.4) is 0 Å². The van der Waals surface area contributed by atoms with Crippen LogP contribution in [0.5, 0.6) is 0 Å². The lowest BCUT2D eigenvalue weighted by atomic mass is 9.85. The second-order valence-corrected chi connectivity index (χ2v) is 6.72. The quantitative estimate of drug-likeness (QED) is 0.809. The topological polar surface area (TPSA) is 39.1 Å². The van der Waals surface area contributed by atoms with Crippen LogP contribution in [0, 0.1) is 17.2 Å². The second kappa shape index (κ2) is 6.91. The van der Waals surface area contributed by atoms with Crippen LogP contribution in [0.4, 0.5) is 0 Å². The van der Waals surface area contributed by atoms with E-state index < -0.39 is 0 Å². The SMILES string of the molecule is CCNC1(C#N)CCCC1CCN1C(C)CCC1CC. The zero-order valence-electron chi connectivity index (χ0n) is 13.5. The summed E-state index contributed by atoms with van der Waals surface area (Å²) < 4.78 is 0. The van der Waals surface area contributed by atoms with Crippen molar-refractivity contribution in [2.45, 2.75) is 83.3 Å². The molecule has 1 saturated heterocycles. The molecule has 2 aliphatic rings. The van der Waals surface area contributed by atoms with Crippen molar-refractivity contribution in [3.63, 3.8) is 0 Å². The Labute approximate surface area is 124 Å². The van der Waals surface area contributed by atoms with Gasteiger partial charge in [0.1, 0.15) is 5.54 Å². The number of rotatable bonds is 6. The fourth-order valence-electron chi connectivity index (χ4n) is 4.48. The molecule has 20 heavy (non-hydrogen) atoms. The number of nitriles is 1. The minimum atomic E-state index is -0.237. The van der Waals surface area contributed by atoms with Gasteiger partial charge >= 0.3 is 0 Å². The summed E-state index contributed by atoms with van der Waals surface area (Å²) in [4.78, 5) is 2.70. The Hall–Kier alpha value is -0.590. The zero-order chi connectivity index (χ0) is 14.6. The van der Waals surface area contributed by atoms with E-state index in [9.17, 15) is 5.26 Å². The Morgan fingerprint density at radius 2 is 2.10 bits per heavy atom. The van der Waals surface area contributed by atoms with Crippen LogP contribution in [0.2, 0.25) is 0 Å². The van der Waals surface area contributed by atoms with E-state index in [1.165, 1.54) is 45.1 Å². The lowest BCUT2D eigenvalue weighted by Crippen LogP contribution is -2.48. The highest BCUT2D eigenvalue weighted by molar-refractivity contribution is 5.14. The molecule has 1 heterocycles. The summed E-state index contributed by atoms with van der Waals surface area (Å²) in [6.07, 6.45) is 8.62. The average Bonchev–Trinajstić information content (AvgIpc) is 3.01. The highest BCUT2D eigenvalue weighted by Gasteiger charge is 2.43. The van der Waals surface area contributed by atoms with E-state index in [0.717, 1.165) is 25.0 Å². The lowest BCUT2D eigenvalue weighted by Gasteiger charge is -2.33. The summed E-state index contributed by atoms with van der Waals surface area (Å²) >= 11 is 0. The molecule has 1 saturated carbocycles. The molecule has 4 atom stereocenters. The van der Waals surface area contributed by atoms with E-state index in [1.54, 1.807) is 0 Å². The van der Waals surface area contributed by atoms with Crippen molar-refractivity contribution in [2.24, 2.45) is 5.92 Å². The monoisotopic (exact) mass is 277 g/mol. The second-order valence-electron chi connectivity index (χ2n) is 6.72. The summed E-state index contributed by atoms with van der Waals surface area (Å²) in [5, 5.41) is 13.1. The van der Waals surface area contributed by atoms with Gasteiger partial charge in [-0.2, -0.15) is 5.26 Å². The molecule has 2 fully saturated rings. The normalized spacial score (nSPS) is 38.2. The van der Waals surface area contributed by atoms with Crippen molar-refractivity contribution >= 4 is 0 Å². The van der Waals surface area contributed by atoms with Crippen LogP contribution < -0.4 is 5.32 Å². The molecule has 2 rings (SSSR count). The van der Waals surface area contributed by atoms with E-state index in [0.29, 0.717) is 5.92 Å². The number of hydrogen-bond donors (Lipinski definition) is 1. The molecule has 0 aromatic heterocycles. The number of nitrogens with zero attached hydrogens (tertiary/aromatic N) is 2. The zero-order valence-corrected chi connectivity index (χ0v) is 13.5. The van der Waals surface area contributed by atoms with E-state index >= 15 is 0 Å². The van der Waals surface area contributed by atoms with E-state index in [4.69, 9.17) is 0 Å². The van der Waals surface area contributed by atoms with Gasteiger partial charge in [-0.1, -0.05) is 20.3 Å². The van der Waals surface area contributed by atoms with Crippen LogP contribution in [-0.2, 0) is 0 Å². The molecule has 3 heteroatoms. The smallest absolute Gasteiger partial charge is 0.109 e. The van der Waals surface area contributed by atoms with Crippen LogP contribution in [0.15, 0.2) is 0 Å². The number of hydrogen-bond acceptors (Lipinski definition) is 3. The van der Waals surface area contributed by atoms with E-state index in [2.05, 4.69) is 37.1 Å². The van der Waals surface area contributed by atoms with Crippen molar-refractivity contribution in [1.29, 1.82) is 5.26 Å². The first kappa shape index (κ1) is 15.8. The van der Waals surface area contributed by atoms with Gasteiger partial charge in [-0.3, -0.25) is 10.2 Å². The summed E-state index contributed by atoms with van der Waals surface area (Å²) in [7, 11) is 0. The third-order valence-electron chi connectivity index (χ3n) is 5.67. The molecule has 0 bridgehead atoms. The van der Waals surface area contributed by atoms with Gasteiger partial charge in [-0.15, -0.1) is 0 Å². The molecular weight excluding hydrogens is 246 g/mol. The van der Waals surface area contributed by atoms with E-state index in [1.807, 2.05) is 0 Å². The predicted octanol–water partition coefficient (Wildman–Crippen LogP) is 3.31. The fraction of sp³-hybridized carbons (Fsp3) is 0.941. The molecule has 3 nitrogen and oxygen atoms in total. The number of likely N-dealkylation sites (tertiary alicyclic amines) is 1. The summed E-state index contributed by atoms with van der Waals surface area (Å²) in [6.45, 7) is 8.88. The van der Waals surface area contributed by atoms with Gasteiger partial charge in [0.15, 0.2) is 0 Å². The number of nitrogens with one attached hydrogen (secondary N) is 1.